The smallest absolute Gasteiger partial charge is 0.0705 e. The predicted octanol–water partition coefficient (Wildman–Crippen LogP) is 2.90. The molecular weight excluding hydrogens is 224 g/mol. The maximum Gasteiger partial charge on any atom is 0.0705 e. The lowest BCUT2D eigenvalue weighted by Gasteiger charge is -1.84. The summed E-state index contributed by atoms with van der Waals surface area (Å²) < 4.78 is 1.15. The van der Waals surface area contributed by atoms with E-state index in [1.54, 1.807) is 11.3 Å². The summed E-state index contributed by atoms with van der Waals surface area (Å²) in [6.45, 7) is 0. The maximum atomic E-state index is 3.87. The summed E-state index contributed by atoms with van der Waals surface area (Å²) in [7, 11) is 0. The van der Waals surface area contributed by atoms with Crippen molar-refractivity contribution < 1.29 is 0 Å². The number of aromatic amines is 1. The van der Waals surface area contributed by atoms with Gasteiger partial charge in [0.25, 0.3) is 0 Å². The fourth-order valence-electron chi connectivity index (χ4n) is 0.855. The monoisotopic (exact) mass is 228 g/mol. The number of thiophene rings is 1. The van der Waals surface area contributed by atoms with Crippen LogP contribution in [0.25, 0.3) is 10.4 Å². The van der Waals surface area contributed by atoms with Crippen LogP contribution in [0, 0.1) is 0 Å². The van der Waals surface area contributed by atoms with E-state index >= 15 is 0 Å². The van der Waals surface area contributed by atoms with Gasteiger partial charge in [0.2, 0.25) is 0 Å². The van der Waals surface area contributed by atoms with E-state index in [-0.39, 0.29) is 0 Å². The normalized spacial score (nSPS) is 10.3. The Hall–Kier alpha value is -0.610. The lowest BCUT2D eigenvalue weighted by atomic mass is 10.3. The molecule has 2 rings (SSSR count). The quantitative estimate of drug-likeness (QED) is 0.800. The Morgan fingerprint density at radius 2 is 2.36 bits per heavy atom. The summed E-state index contributed by atoms with van der Waals surface area (Å²) in [6.07, 6.45) is 3.70. The van der Waals surface area contributed by atoms with Gasteiger partial charge >= 0.3 is 0 Å². The summed E-state index contributed by atoms with van der Waals surface area (Å²) in [6, 6.07) is 4.10. The molecule has 2 heterocycles. The van der Waals surface area contributed by atoms with Crippen molar-refractivity contribution in [2.75, 3.05) is 0 Å². The van der Waals surface area contributed by atoms with E-state index in [2.05, 4.69) is 32.2 Å². The minimum absolute atomic E-state index is 1.14. The molecule has 0 atom stereocenters. The molecule has 0 aromatic carbocycles. The van der Waals surface area contributed by atoms with Crippen molar-refractivity contribution >= 4 is 27.3 Å². The Kier molecular flexibility index (Phi) is 1.79. The Bertz CT molecular complexity index is 339. The molecule has 56 valence electrons. The Morgan fingerprint density at radius 3 is 2.91 bits per heavy atom. The van der Waals surface area contributed by atoms with Gasteiger partial charge in [-0.2, -0.15) is 5.10 Å². The number of hydrogen-bond acceptors (Lipinski definition) is 2. The Labute approximate surface area is 76.4 Å². The minimum Gasteiger partial charge on any atom is -0.285 e. The van der Waals surface area contributed by atoms with Gasteiger partial charge in [0.15, 0.2) is 0 Å². The molecule has 1 N–H and O–H groups in total. The van der Waals surface area contributed by atoms with Gasteiger partial charge in [0, 0.05) is 16.6 Å². The fourth-order valence-corrected chi connectivity index (χ4v) is 2.22. The van der Waals surface area contributed by atoms with Crippen molar-refractivity contribution in [2.24, 2.45) is 0 Å². The summed E-state index contributed by atoms with van der Waals surface area (Å²) in [5.41, 5.74) is 1.14. The van der Waals surface area contributed by atoms with Crippen molar-refractivity contribution in [1.82, 2.24) is 10.2 Å². The molecule has 2 nitrogen and oxygen atoms in total. The number of rotatable bonds is 1. The van der Waals surface area contributed by atoms with Crippen LogP contribution in [0.1, 0.15) is 0 Å². The summed E-state index contributed by atoms with van der Waals surface area (Å²) in [4.78, 5) is 1.23. The molecule has 0 saturated carbocycles. The highest BCUT2D eigenvalue weighted by atomic mass is 79.9. The molecule has 0 fully saturated rings. The maximum absolute atomic E-state index is 3.87. The average Bonchev–Trinajstić information content (AvgIpc) is 2.55. The molecule has 4 heteroatoms. The molecule has 2 aromatic rings. The zero-order valence-electron chi connectivity index (χ0n) is 5.54. The first-order chi connectivity index (χ1) is 5.36. The topological polar surface area (TPSA) is 28.7 Å². The van der Waals surface area contributed by atoms with Crippen LogP contribution in [-0.2, 0) is 0 Å². The molecule has 0 unspecified atom stereocenters. The number of nitrogens with zero attached hydrogens (tertiary/aromatic N) is 1. The standard InChI is InChI=1S/C7H5BrN2S/c8-7-2-1-6(11-7)5-3-9-10-4-5/h1-4H,(H,9,10). The van der Waals surface area contributed by atoms with E-state index in [0.29, 0.717) is 0 Å². The van der Waals surface area contributed by atoms with Crippen LogP contribution < -0.4 is 0 Å². The second-order valence-corrected chi connectivity index (χ2v) is 4.55. The first kappa shape index (κ1) is 7.06. The van der Waals surface area contributed by atoms with Gasteiger partial charge in [-0.1, -0.05) is 0 Å². The molecule has 0 aliphatic heterocycles. The highest BCUT2D eigenvalue weighted by Crippen LogP contribution is 2.30. The molecule has 0 aliphatic rings. The highest BCUT2D eigenvalue weighted by Gasteiger charge is 2.00. The predicted molar refractivity (Wildman–Crippen MR) is 49.6 cm³/mol. The van der Waals surface area contributed by atoms with E-state index in [1.807, 2.05) is 18.5 Å². The van der Waals surface area contributed by atoms with Crippen molar-refractivity contribution in [2.45, 2.75) is 0 Å². The lowest BCUT2D eigenvalue weighted by molar-refractivity contribution is 1.09. The van der Waals surface area contributed by atoms with E-state index < -0.39 is 0 Å². The molecule has 0 amide bonds. The molecular formula is C7H5BrN2S. The van der Waals surface area contributed by atoms with E-state index in [4.69, 9.17) is 0 Å². The SMILES string of the molecule is Brc1ccc(-c2cn[nH]c2)s1. The lowest BCUT2D eigenvalue weighted by Crippen LogP contribution is -1.59. The number of aromatic nitrogens is 2. The Balaban J connectivity index is 2.45. The molecule has 0 aliphatic carbocycles. The molecule has 0 radical (unpaired) electrons. The summed E-state index contributed by atoms with van der Waals surface area (Å²) >= 11 is 5.11. The number of H-pyrrole nitrogens is 1. The van der Waals surface area contributed by atoms with Crippen molar-refractivity contribution in [3.8, 4) is 10.4 Å². The highest BCUT2D eigenvalue weighted by molar-refractivity contribution is 9.11. The van der Waals surface area contributed by atoms with Crippen LogP contribution >= 0.6 is 27.3 Å². The van der Waals surface area contributed by atoms with E-state index in [9.17, 15) is 0 Å². The fraction of sp³-hybridized carbons (Fsp3) is 0. The number of halogens is 1. The van der Waals surface area contributed by atoms with Gasteiger partial charge in [0.1, 0.15) is 0 Å². The van der Waals surface area contributed by atoms with Gasteiger partial charge in [-0.05, 0) is 28.1 Å². The third-order valence-electron chi connectivity index (χ3n) is 1.36. The molecule has 11 heavy (non-hydrogen) atoms. The zero-order valence-corrected chi connectivity index (χ0v) is 7.95. The second-order valence-electron chi connectivity index (χ2n) is 2.09. The van der Waals surface area contributed by atoms with Gasteiger partial charge in [0.05, 0.1) is 9.98 Å². The largest absolute Gasteiger partial charge is 0.285 e. The first-order valence-corrected chi connectivity index (χ1v) is 4.72. The van der Waals surface area contributed by atoms with Crippen LogP contribution in [0.15, 0.2) is 28.3 Å². The van der Waals surface area contributed by atoms with Gasteiger partial charge in [-0.25, -0.2) is 0 Å². The van der Waals surface area contributed by atoms with Crippen LogP contribution in [0.5, 0.6) is 0 Å². The third-order valence-corrected chi connectivity index (χ3v) is 3.03. The van der Waals surface area contributed by atoms with Crippen molar-refractivity contribution in [3.63, 3.8) is 0 Å². The second kappa shape index (κ2) is 2.79. The van der Waals surface area contributed by atoms with Crippen molar-refractivity contribution in [1.29, 1.82) is 0 Å². The van der Waals surface area contributed by atoms with Crippen molar-refractivity contribution in [3.05, 3.63) is 28.3 Å². The van der Waals surface area contributed by atoms with Crippen LogP contribution in [0.4, 0.5) is 0 Å². The molecule has 0 bridgehead atoms. The zero-order chi connectivity index (χ0) is 7.68. The molecule has 0 saturated heterocycles. The van der Waals surface area contributed by atoms with Gasteiger partial charge in [-0.15, -0.1) is 11.3 Å². The molecule has 2 aromatic heterocycles. The van der Waals surface area contributed by atoms with Gasteiger partial charge < -0.3 is 0 Å². The third kappa shape index (κ3) is 1.36. The first-order valence-electron chi connectivity index (χ1n) is 3.11. The number of nitrogens with one attached hydrogen (secondary N) is 1. The average molecular weight is 229 g/mol. The summed E-state index contributed by atoms with van der Waals surface area (Å²) in [5, 5.41) is 6.65. The molecule has 0 spiro atoms. The Morgan fingerprint density at radius 1 is 1.45 bits per heavy atom. The van der Waals surface area contributed by atoms with Crippen LogP contribution in [0.2, 0.25) is 0 Å². The number of hydrogen-bond donors (Lipinski definition) is 1. The minimum atomic E-state index is 1.14. The van der Waals surface area contributed by atoms with E-state index in [1.165, 1.54) is 4.88 Å². The van der Waals surface area contributed by atoms with Crippen LogP contribution in [-0.4, -0.2) is 10.2 Å². The summed E-state index contributed by atoms with van der Waals surface area (Å²) in [5.74, 6) is 0. The van der Waals surface area contributed by atoms with Crippen LogP contribution in [0.3, 0.4) is 0 Å². The van der Waals surface area contributed by atoms with E-state index in [0.717, 1.165) is 9.35 Å². The van der Waals surface area contributed by atoms with Gasteiger partial charge in [-0.3, -0.25) is 5.10 Å².